The van der Waals surface area contributed by atoms with Crippen LogP contribution >= 0.6 is 0 Å². The van der Waals surface area contributed by atoms with Crippen molar-refractivity contribution < 1.29 is 40.2 Å². The minimum Gasteiger partial charge on any atom is -0.393 e. The van der Waals surface area contributed by atoms with Crippen LogP contribution in [0.25, 0.3) is 0 Å². The highest BCUT2D eigenvalue weighted by atomic mass is 16.3. The molecule has 8 aliphatic rings. The third-order valence-electron chi connectivity index (χ3n) is 22.2. The number of aliphatic hydroxyl groups excluding tert-OH is 6. The number of rotatable bonds is 14. The Labute approximate surface area is 380 Å². The maximum Gasteiger partial charge on any atom is 0.220 e. The molecule has 8 aliphatic carbocycles. The minimum absolute atomic E-state index is 0.0685. The molecule has 0 aromatic rings. The molecule has 0 aromatic heterocycles. The van der Waals surface area contributed by atoms with Gasteiger partial charge in [-0.05, 0) is 215 Å². The van der Waals surface area contributed by atoms with Gasteiger partial charge in [-0.2, -0.15) is 0 Å². The lowest BCUT2D eigenvalue weighted by Gasteiger charge is -2.63. The molecular weight excluding hydrogens is 793 g/mol. The fourth-order valence-corrected chi connectivity index (χ4v) is 18.4. The van der Waals surface area contributed by atoms with E-state index in [0.717, 1.165) is 122 Å². The first-order valence-electron chi connectivity index (χ1n) is 26.5. The maximum atomic E-state index is 13.0. The molecule has 0 bridgehead atoms. The van der Waals surface area contributed by atoms with Crippen LogP contribution in [0.2, 0.25) is 0 Å². The molecule has 8 rings (SSSR count). The summed E-state index contributed by atoms with van der Waals surface area (Å²) in [5.41, 5.74) is -0.373. The number of carbonyl (C=O) groups excluding carboxylic acids is 2. The van der Waals surface area contributed by atoms with Crippen LogP contribution in [-0.4, -0.2) is 92.2 Å². The third kappa shape index (κ3) is 8.52. The van der Waals surface area contributed by atoms with Gasteiger partial charge in [-0.15, -0.1) is 0 Å². The van der Waals surface area contributed by atoms with Crippen LogP contribution in [0, 0.1) is 92.7 Å². The van der Waals surface area contributed by atoms with E-state index in [-0.39, 0.29) is 81.6 Å². The van der Waals surface area contributed by atoms with Crippen LogP contribution in [0.15, 0.2) is 0 Å². The zero-order valence-corrected chi connectivity index (χ0v) is 40.2. The molecule has 2 amide bonds. The Balaban J connectivity index is 0.713. The standard InChI is InChI=1S/C53H90N2O8/c1-30(36-12-14-38-48-40(28-44(60)52(36,38)5)50(3)20-18-34(56)24-32(50)26-42(48)58)10-16-46(62)54-22-8-7-9-23-55-47(63)17-11-31(2)37-13-15-39-49-41(29-45(61)53(37,39)6)51(4)21-19-35(57)25-33(51)27-43(49)59/h30-45,48-49,56-61H,7-29H2,1-6H3,(H,54,62)(H,55,63)/t30-,31-,32+,33+,34-,35-,36?,37?,38+,39+,40+,41+,42-,43-,44+,45+,48+,49+,50+,51+,52-,53-/m1/s1. The molecule has 8 N–H and O–H groups in total. The lowest BCUT2D eigenvalue weighted by Crippen LogP contribution is -2.62. The maximum absolute atomic E-state index is 13.0. The first-order valence-corrected chi connectivity index (χ1v) is 26.5. The monoisotopic (exact) mass is 883 g/mol. The normalized spacial score (nSPS) is 49.8. The summed E-state index contributed by atoms with van der Waals surface area (Å²) >= 11 is 0. The van der Waals surface area contributed by atoms with Crippen LogP contribution in [0.3, 0.4) is 0 Å². The summed E-state index contributed by atoms with van der Waals surface area (Å²) in [6.07, 6.45) is 15.4. The fourth-order valence-electron chi connectivity index (χ4n) is 18.4. The number of amides is 2. The van der Waals surface area contributed by atoms with Gasteiger partial charge in [0, 0.05) is 25.9 Å². The summed E-state index contributed by atoms with van der Waals surface area (Å²) in [5.74, 6) is 3.61. The molecule has 360 valence electrons. The van der Waals surface area contributed by atoms with Gasteiger partial charge in [0.2, 0.25) is 11.8 Å². The van der Waals surface area contributed by atoms with Crippen molar-refractivity contribution in [1.29, 1.82) is 0 Å². The lowest BCUT2D eigenvalue weighted by atomic mass is 9.43. The molecule has 0 heterocycles. The molecular formula is C53H90N2O8. The van der Waals surface area contributed by atoms with Crippen molar-refractivity contribution in [3.63, 3.8) is 0 Å². The minimum atomic E-state index is -0.413. The van der Waals surface area contributed by atoms with Crippen molar-refractivity contribution in [2.45, 2.75) is 213 Å². The van der Waals surface area contributed by atoms with Crippen molar-refractivity contribution >= 4 is 11.8 Å². The molecule has 2 unspecified atom stereocenters. The summed E-state index contributed by atoms with van der Waals surface area (Å²) in [4.78, 5) is 26.0. The van der Waals surface area contributed by atoms with Crippen molar-refractivity contribution in [2.75, 3.05) is 13.1 Å². The molecule has 0 radical (unpaired) electrons. The van der Waals surface area contributed by atoms with E-state index >= 15 is 0 Å². The highest BCUT2D eigenvalue weighted by Crippen LogP contribution is 2.70. The van der Waals surface area contributed by atoms with Crippen molar-refractivity contribution in [3.8, 4) is 0 Å². The van der Waals surface area contributed by atoms with E-state index in [0.29, 0.717) is 73.3 Å². The third-order valence-corrected chi connectivity index (χ3v) is 22.2. The summed E-state index contributed by atoms with van der Waals surface area (Å²) < 4.78 is 0. The summed E-state index contributed by atoms with van der Waals surface area (Å²) in [7, 11) is 0. The van der Waals surface area contributed by atoms with Crippen molar-refractivity contribution in [1.82, 2.24) is 10.6 Å². The number of nitrogens with one attached hydrogen (secondary N) is 2. The molecule has 0 aromatic carbocycles. The largest absolute Gasteiger partial charge is 0.393 e. The zero-order chi connectivity index (χ0) is 45.2. The molecule has 10 nitrogen and oxygen atoms in total. The lowest BCUT2D eigenvalue weighted by molar-refractivity contribution is -0.207. The van der Waals surface area contributed by atoms with Crippen LogP contribution in [0.4, 0.5) is 0 Å². The molecule has 8 saturated carbocycles. The molecule has 0 aliphatic heterocycles. The number of aliphatic hydroxyl groups is 6. The van der Waals surface area contributed by atoms with Crippen molar-refractivity contribution in [3.05, 3.63) is 0 Å². The van der Waals surface area contributed by atoms with Gasteiger partial charge >= 0.3 is 0 Å². The second-order valence-electron chi connectivity index (χ2n) is 24.8. The van der Waals surface area contributed by atoms with E-state index in [1.165, 1.54) is 0 Å². The second kappa shape index (κ2) is 18.7. The van der Waals surface area contributed by atoms with Crippen LogP contribution in [0.5, 0.6) is 0 Å². The quantitative estimate of drug-likeness (QED) is 0.0849. The Hall–Kier alpha value is -1.30. The van der Waals surface area contributed by atoms with Crippen molar-refractivity contribution in [2.24, 2.45) is 92.7 Å². The SMILES string of the molecule is C[C@H](CCC(=O)NCCCCCNC(=O)CC[C@@H](C)C1CC[C@H]2[C@@H]3[C@H](O)C[C@@H]4C[C@H](O)CC[C@]4(C)[C@H]3C[C@H](O)[C@]12C)C1CC[C@H]2[C@@H]3[C@H](O)C[C@@H]4C[C@H](O)CC[C@]4(C)[C@H]3C[C@H](O)[C@]12C. The van der Waals surface area contributed by atoms with Gasteiger partial charge in [-0.1, -0.05) is 41.5 Å². The number of carbonyl (C=O) groups is 2. The average molecular weight is 883 g/mol. The number of unbranched alkanes of at least 4 members (excludes halogenated alkanes) is 2. The second-order valence-corrected chi connectivity index (χ2v) is 24.8. The van der Waals surface area contributed by atoms with Gasteiger partial charge < -0.3 is 41.3 Å². The molecule has 0 spiro atoms. The van der Waals surface area contributed by atoms with Gasteiger partial charge in [0.15, 0.2) is 0 Å². The molecule has 8 fully saturated rings. The highest BCUT2D eigenvalue weighted by molar-refractivity contribution is 5.76. The zero-order valence-electron chi connectivity index (χ0n) is 40.2. The van der Waals surface area contributed by atoms with E-state index in [1.54, 1.807) is 0 Å². The van der Waals surface area contributed by atoms with E-state index in [2.05, 4.69) is 52.2 Å². The number of hydrogen-bond donors (Lipinski definition) is 8. The smallest absolute Gasteiger partial charge is 0.220 e. The van der Waals surface area contributed by atoms with Crippen LogP contribution in [0.1, 0.15) is 176 Å². The number of hydrogen-bond acceptors (Lipinski definition) is 8. The predicted molar refractivity (Wildman–Crippen MR) is 245 cm³/mol. The molecule has 63 heavy (non-hydrogen) atoms. The molecule has 22 atom stereocenters. The fraction of sp³-hybridized carbons (Fsp3) is 0.962. The van der Waals surface area contributed by atoms with Crippen LogP contribution in [-0.2, 0) is 9.59 Å². The first kappa shape index (κ1) is 48.2. The highest BCUT2D eigenvalue weighted by Gasteiger charge is 2.67. The summed E-state index contributed by atoms with van der Waals surface area (Å²) in [5, 5.41) is 74.1. The van der Waals surface area contributed by atoms with E-state index < -0.39 is 12.2 Å². The average Bonchev–Trinajstić information content (AvgIpc) is 3.79. The van der Waals surface area contributed by atoms with E-state index in [9.17, 15) is 40.2 Å². The predicted octanol–water partition coefficient (Wildman–Crippen LogP) is 7.14. The van der Waals surface area contributed by atoms with Gasteiger partial charge in [-0.25, -0.2) is 0 Å². The Bertz CT molecular complexity index is 1500. The van der Waals surface area contributed by atoms with E-state index in [4.69, 9.17) is 0 Å². The summed E-state index contributed by atoms with van der Waals surface area (Å²) in [6.45, 7) is 15.1. The Morgan fingerprint density at radius 3 is 1.32 bits per heavy atom. The molecule has 0 saturated heterocycles. The van der Waals surface area contributed by atoms with Gasteiger partial charge in [-0.3, -0.25) is 9.59 Å². The number of fused-ring (bicyclic) bond motifs is 10. The first-order chi connectivity index (χ1) is 29.8. The van der Waals surface area contributed by atoms with Gasteiger partial charge in [0.25, 0.3) is 0 Å². The molecule has 10 heteroatoms. The Morgan fingerprint density at radius 2 is 0.921 bits per heavy atom. The van der Waals surface area contributed by atoms with E-state index in [1.807, 2.05) is 0 Å². The van der Waals surface area contributed by atoms with Crippen LogP contribution < -0.4 is 10.6 Å². The topological polar surface area (TPSA) is 180 Å². The van der Waals surface area contributed by atoms with Gasteiger partial charge in [0.1, 0.15) is 0 Å². The van der Waals surface area contributed by atoms with Gasteiger partial charge in [0.05, 0.1) is 36.6 Å². The Kier molecular flexibility index (Phi) is 14.3. The summed E-state index contributed by atoms with van der Waals surface area (Å²) in [6, 6.07) is 0. The Morgan fingerprint density at radius 1 is 0.524 bits per heavy atom.